The molecule has 0 amide bonds. The highest BCUT2D eigenvalue weighted by atomic mass is 35.5. The summed E-state index contributed by atoms with van der Waals surface area (Å²) in [5.74, 6) is 0. The third-order valence-electron chi connectivity index (χ3n) is 2.77. The first kappa shape index (κ1) is 15.5. The summed E-state index contributed by atoms with van der Waals surface area (Å²) in [5, 5.41) is 0.795. The molecule has 1 aromatic carbocycles. The van der Waals surface area contributed by atoms with Gasteiger partial charge in [-0.3, -0.25) is 0 Å². The lowest BCUT2D eigenvalue weighted by molar-refractivity contribution is 1.27. The van der Waals surface area contributed by atoms with Crippen LogP contribution in [0.3, 0.4) is 0 Å². The van der Waals surface area contributed by atoms with Crippen LogP contribution in [0.1, 0.15) is 32.8 Å². The maximum atomic E-state index is 6.02. The van der Waals surface area contributed by atoms with E-state index in [0.29, 0.717) is 0 Å². The average molecular weight is 273 g/mol. The normalized spacial score (nSPS) is 14.2. The van der Waals surface area contributed by atoms with Crippen LogP contribution in [0.2, 0.25) is 0 Å². The average Bonchev–Trinajstić information content (AvgIpc) is 2.42. The second-order valence-electron chi connectivity index (χ2n) is 4.32. The van der Waals surface area contributed by atoms with Crippen molar-refractivity contribution in [3.05, 3.63) is 76.9 Å². The van der Waals surface area contributed by atoms with E-state index in [-0.39, 0.29) is 0 Å². The van der Waals surface area contributed by atoms with Gasteiger partial charge in [0.15, 0.2) is 0 Å². The molecule has 0 radical (unpaired) electrons. The molecule has 0 aliphatic rings. The van der Waals surface area contributed by atoms with E-state index < -0.39 is 0 Å². The van der Waals surface area contributed by atoms with Crippen molar-refractivity contribution in [2.75, 3.05) is 0 Å². The van der Waals surface area contributed by atoms with Gasteiger partial charge in [0.05, 0.1) is 0 Å². The van der Waals surface area contributed by atoms with Crippen LogP contribution in [0.4, 0.5) is 0 Å². The Labute approximate surface area is 121 Å². The van der Waals surface area contributed by atoms with Crippen molar-refractivity contribution in [2.24, 2.45) is 0 Å². The Bertz CT molecular complexity index is 498. The fourth-order valence-corrected chi connectivity index (χ4v) is 1.95. The van der Waals surface area contributed by atoms with Gasteiger partial charge in [-0.1, -0.05) is 66.2 Å². The molecule has 0 atom stereocenters. The molecule has 0 aliphatic carbocycles. The van der Waals surface area contributed by atoms with Crippen LogP contribution in [0.5, 0.6) is 0 Å². The Kier molecular flexibility index (Phi) is 6.99. The van der Waals surface area contributed by atoms with Gasteiger partial charge in [-0.2, -0.15) is 0 Å². The second-order valence-corrected chi connectivity index (χ2v) is 4.92. The largest absolute Gasteiger partial charge is 0.0894 e. The first-order chi connectivity index (χ1) is 9.17. The molecule has 0 nitrogen and oxygen atoms in total. The van der Waals surface area contributed by atoms with Crippen molar-refractivity contribution in [3.8, 4) is 0 Å². The molecule has 0 fully saturated rings. The summed E-state index contributed by atoms with van der Waals surface area (Å²) >= 11 is 6.02. The third-order valence-corrected chi connectivity index (χ3v) is 2.88. The summed E-state index contributed by atoms with van der Waals surface area (Å²) in [6.45, 7) is 6.00. The minimum atomic E-state index is 0.795. The SMILES string of the molecule is C/C=C\C(=C/C)C/C=C(\C=C(/C)Cl)c1ccccc1. The Morgan fingerprint density at radius 3 is 2.37 bits per heavy atom. The van der Waals surface area contributed by atoms with Gasteiger partial charge in [-0.25, -0.2) is 0 Å². The van der Waals surface area contributed by atoms with E-state index in [4.69, 9.17) is 11.6 Å². The van der Waals surface area contributed by atoms with Crippen molar-refractivity contribution in [1.82, 2.24) is 0 Å². The molecule has 0 heterocycles. The van der Waals surface area contributed by atoms with Gasteiger partial charge < -0.3 is 0 Å². The zero-order chi connectivity index (χ0) is 14.1. The van der Waals surface area contributed by atoms with Crippen molar-refractivity contribution in [2.45, 2.75) is 27.2 Å². The van der Waals surface area contributed by atoms with Gasteiger partial charge in [-0.05, 0) is 50.0 Å². The highest BCUT2D eigenvalue weighted by Gasteiger charge is 1.98. The Morgan fingerprint density at radius 2 is 1.84 bits per heavy atom. The highest BCUT2D eigenvalue weighted by molar-refractivity contribution is 6.29. The molecule has 0 aromatic heterocycles. The summed E-state index contributed by atoms with van der Waals surface area (Å²) in [6, 6.07) is 10.3. The molecular formula is C18H21Cl. The monoisotopic (exact) mass is 272 g/mol. The van der Waals surface area contributed by atoms with E-state index in [1.165, 1.54) is 11.1 Å². The lowest BCUT2D eigenvalue weighted by Gasteiger charge is -2.04. The minimum absolute atomic E-state index is 0.795. The zero-order valence-corrected chi connectivity index (χ0v) is 12.6. The summed E-state index contributed by atoms with van der Waals surface area (Å²) in [7, 11) is 0. The zero-order valence-electron chi connectivity index (χ0n) is 11.9. The predicted molar refractivity (Wildman–Crippen MR) is 87.2 cm³/mol. The van der Waals surface area contributed by atoms with Crippen molar-refractivity contribution < 1.29 is 0 Å². The van der Waals surface area contributed by atoms with E-state index in [1.807, 2.05) is 38.1 Å². The van der Waals surface area contributed by atoms with E-state index >= 15 is 0 Å². The summed E-state index contributed by atoms with van der Waals surface area (Å²) < 4.78 is 0. The molecule has 1 aromatic rings. The van der Waals surface area contributed by atoms with Gasteiger partial charge in [0, 0.05) is 5.03 Å². The number of hydrogen-bond donors (Lipinski definition) is 0. The van der Waals surface area contributed by atoms with Crippen LogP contribution >= 0.6 is 11.6 Å². The lowest BCUT2D eigenvalue weighted by atomic mass is 10.0. The van der Waals surface area contributed by atoms with E-state index in [0.717, 1.165) is 17.0 Å². The van der Waals surface area contributed by atoms with Crippen LogP contribution in [-0.4, -0.2) is 0 Å². The standard InChI is InChI=1S/C18H21Cl/c1-4-9-16(5-2)12-13-18(14-15(3)19)17-10-7-6-8-11-17/h4-11,13-14H,12H2,1-3H3/b9-4-,15-14+,16-5+,18-13+. The molecule has 0 spiro atoms. The van der Waals surface area contributed by atoms with Gasteiger partial charge in [0.2, 0.25) is 0 Å². The Morgan fingerprint density at radius 1 is 1.16 bits per heavy atom. The van der Waals surface area contributed by atoms with E-state index in [2.05, 4.69) is 43.4 Å². The van der Waals surface area contributed by atoms with Gasteiger partial charge >= 0.3 is 0 Å². The molecule has 0 unspecified atom stereocenters. The minimum Gasteiger partial charge on any atom is -0.0894 e. The molecule has 1 heteroatoms. The molecule has 0 aliphatic heterocycles. The molecule has 1 rings (SSSR count). The van der Waals surface area contributed by atoms with E-state index in [9.17, 15) is 0 Å². The highest BCUT2D eigenvalue weighted by Crippen LogP contribution is 2.21. The predicted octanol–water partition coefficient (Wildman–Crippen LogP) is 6.13. The molecular weight excluding hydrogens is 252 g/mol. The fraction of sp³-hybridized carbons (Fsp3) is 0.222. The smallest absolute Gasteiger partial charge is 0.0156 e. The van der Waals surface area contributed by atoms with Gasteiger partial charge in [0.25, 0.3) is 0 Å². The summed E-state index contributed by atoms with van der Waals surface area (Å²) in [6.07, 6.45) is 11.5. The van der Waals surface area contributed by atoms with Gasteiger partial charge in [-0.15, -0.1) is 0 Å². The topological polar surface area (TPSA) is 0 Å². The van der Waals surface area contributed by atoms with Crippen LogP contribution in [0, 0.1) is 0 Å². The van der Waals surface area contributed by atoms with Crippen LogP contribution in [0.25, 0.3) is 5.57 Å². The molecule has 0 N–H and O–H groups in total. The van der Waals surface area contributed by atoms with Crippen molar-refractivity contribution >= 4 is 17.2 Å². The van der Waals surface area contributed by atoms with Crippen LogP contribution in [0.15, 0.2) is 71.3 Å². The Balaban J connectivity index is 3.02. The van der Waals surface area contributed by atoms with E-state index in [1.54, 1.807) is 0 Å². The summed E-state index contributed by atoms with van der Waals surface area (Å²) in [4.78, 5) is 0. The van der Waals surface area contributed by atoms with Crippen LogP contribution < -0.4 is 0 Å². The third kappa shape index (κ3) is 5.76. The first-order valence-electron chi connectivity index (χ1n) is 6.54. The molecule has 100 valence electrons. The second kappa shape index (κ2) is 8.55. The fourth-order valence-electron chi connectivity index (χ4n) is 1.83. The van der Waals surface area contributed by atoms with Crippen molar-refractivity contribution in [1.29, 1.82) is 0 Å². The number of rotatable bonds is 5. The molecule has 0 saturated heterocycles. The summed E-state index contributed by atoms with van der Waals surface area (Å²) in [5.41, 5.74) is 3.66. The number of benzene rings is 1. The molecule has 0 saturated carbocycles. The first-order valence-corrected chi connectivity index (χ1v) is 6.92. The molecule has 19 heavy (non-hydrogen) atoms. The number of hydrogen-bond acceptors (Lipinski definition) is 0. The maximum Gasteiger partial charge on any atom is 0.0156 e. The Hall–Kier alpha value is -1.53. The maximum absolute atomic E-state index is 6.02. The number of halogens is 1. The quantitative estimate of drug-likeness (QED) is 0.566. The molecule has 0 bridgehead atoms. The van der Waals surface area contributed by atoms with Crippen LogP contribution in [-0.2, 0) is 0 Å². The lowest BCUT2D eigenvalue weighted by Crippen LogP contribution is -1.83. The number of allylic oxidation sites excluding steroid dienone is 8. The van der Waals surface area contributed by atoms with Gasteiger partial charge in [0.1, 0.15) is 0 Å². The van der Waals surface area contributed by atoms with Crippen molar-refractivity contribution in [3.63, 3.8) is 0 Å².